The van der Waals surface area contributed by atoms with E-state index in [-0.39, 0.29) is 23.2 Å². The van der Waals surface area contributed by atoms with Crippen molar-refractivity contribution in [3.8, 4) is 11.8 Å². The first-order chi connectivity index (χ1) is 9.01. The van der Waals surface area contributed by atoms with Crippen LogP contribution < -0.4 is 0 Å². The molecule has 0 radical (unpaired) electrons. The topological polar surface area (TPSA) is 57.5 Å². The summed E-state index contributed by atoms with van der Waals surface area (Å²) >= 11 is 0. The van der Waals surface area contributed by atoms with Gasteiger partial charge in [-0.3, -0.25) is 4.79 Å². The number of ketones is 1. The first-order valence-electron chi connectivity index (χ1n) is 7.49. The Morgan fingerprint density at radius 2 is 2.05 bits per heavy atom. The Morgan fingerprint density at radius 1 is 1.32 bits per heavy atom. The Labute approximate surface area is 113 Å². The van der Waals surface area contributed by atoms with Crippen molar-refractivity contribution < 1.29 is 15.0 Å². The van der Waals surface area contributed by atoms with E-state index in [1.807, 2.05) is 0 Å². The molecule has 0 saturated heterocycles. The second-order valence-electron chi connectivity index (χ2n) is 6.98. The molecule has 0 aromatic carbocycles. The molecule has 3 nitrogen and oxygen atoms in total. The molecule has 1 spiro atoms. The first kappa shape index (κ1) is 11.9. The fraction of sp³-hybridized carbons (Fsp3) is 0.812. The van der Waals surface area contributed by atoms with Gasteiger partial charge in [-0.25, -0.2) is 0 Å². The zero-order valence-electron chi connectivity index (χ0n) is 11.2. The lowest BCUT2D eigenvalue weighted by atomic mass is 9.39. The summed E-state index contributed by atoms with van der Waals surface area (Å²) in [5, 5.41) is 20.6. The molecule has 0 heterocycles. The Balaban J connectivity index is 1.67. The van der Waals surface area contributed by atoms with E-state index >= 15 is 0 Å². The Kier molecular flexibility index (Phi) is 2.15. The van der Waals surface area contributed by atoms with Crippen molar-refractivity contribution >= 4 is 5.78 Å². The predicted molar refractivity (Wildman–Crippen MR) is 68.9 cm³/mol. The number of aliphatic hydroxyl groups is 2. The molecule has 0 bridgehead atoms. The fourth-order valence-electron chi connectivity index (χ4n) is 5.63. The number of Topliss-reactive ketones (excluding diaryl/α,β-unsaturated/α-hetero) is 1. The van der Waals surface area contributed by atoms with E-state index in [4.69, 9.17) is 0 Å². The molecular weight excluding hydrogens is 240 g/mol. The molecule has 4 aliphatic rings. The minimum atomic E-state index is -1.11. The van der Waals surface area contributed by atoms with Crippen LogP contribution in [0, 0.1) is 40.9 Å². The lowest BCUT2D eigenvalue weighted by molar-refractivity contribution is -0.206. The molecule has 5 unspecified atom stereocenters. The normalized spacial score (nSPS) is 53.2. The van der Waals surface area contributed by atoms with Crippen LogP contribution >= 0.6 is 0 Å². The highest BCUT2D eigenvalue weighted by atomic mass is 16.3. The molecule has 102 valence electrons. The highest BCUT2D eigenvalue weighted by Gasteiger charge is 2.70. The van der Waals surface area contributed by atoms with Crippen molar-refractivity contribution in [3.05, 3.63) is 0 Å². The zero-order chi connectivity index (χ0) is 13.4. The van der Waals surface area contributed by atoms with Crippen LogP contribution in [0.4, 0.5) is 0 Å². The third kappa shape index (κ3) is 1.25. The highest BCUT2D eigenvalue weighted by molar-refractivity contribution is 5.88. The second-order valence-corrected chi connectivity index (χ2v) is 6.98. The van der Waals surface area contributed by atoms with Gasteiger partial charge in [-0.15, -0.1) is 0 Å². The van der Waals surface area contributed by atoms with Crippen LogP contribution in [-0.4, -0.2) is 27.7 Å². The van der Waals surface area contributed by atoms with Gasteiger partial charge >= 0.3 is 0 Å². The van der Waals surface area contributed by atoms with E-state index in [0.717, 1.165) is 25.7 Å². The van der Waals surface area contributed by atoms with Crippen molar-refractivity contribution in [2.24, 2.45) is 29.1 Å². The lowest BCUT2D eigenvalue weighted by Gasteiger charge is -2.64. The van der Waals surface area contributed by atoms with Gasteiger partial charge in [0.2, 0.25) is 0 Å². The molecule has 2 N–H and O–H groups in total. The van der Waals surface area contributed by atoms with E-state index in [0.29, 0.717) is 18.1 Å². The summed E-state index contributed by atoms with van der Waals surface area (Å²) in [5.74, 6) is 6.66. The molecule has 3 fully saturated rings. The summed E-state index contributed by atoms with van der Waals surface area (Å²) in [6, 6.07) is 0. The van der Waals surface area contributed by atoms with E-state index in [9.17, 15) is 15.0 Å². The van der Waals surface area contributed by atoms with Crippen molar-refractivity contribution in [1.82, 2.24) is 0 Å². The molecule has 6 atom stereocenters. The molecular formula is C16H20O3. The Bertz CT molecular complexity index is 506. The third-order valence-electron chi connectivity index (χ3n) is 6.50. The number of rotatable bonds is 1. The molecule has 3 heteroatoms. The van der Waals surface area contributed by atoms with Crippen LogP contribution in [0.5, 0.6) is 0 Å². The minimum absolute atomic E-state index is 0.131. The summed E-state index contributed by atoms with van der Waals surface area (Å²) in [4.78, 5) is 12.3. The molecule has 19 heavy (non-hydrogen) atoms. The predicted octanol–water partition coefficient (Wildman–Crippen LogP) is 1.13. The third-order valence-corrected chi connectivity index (χ3v) is 6.50. The first-order valence-corrected chi connectivity index (χ1v) is 7.49. The van der Waals surface area contributed by atoms with Crippen molar-refractivity contribution in [2.75, 3.05) is 0 Å². The SMILES string of the molecule is CC1C2C(C3(O)C#C3)[C@@H](O)CCC2C12CCCC2=O. The maximum atomic E-state index is 12.3. The number of fused-ring (bicyclic) bond motifs is 2. The molecule has 4 rings (SSSR count). The standard InChI is InChI=1S/C16H20O3/c1-9-13-10(16(9)6-2-3-12(16)18)4-5-11(17)14(13)15(19)7-8-15/h9-11,13-14,17,19H,2-6H2,1H3/t9?,10?,11-,13?,14?,16?/m0/s1. The molecule has 0 aromatic rings. The Morgan fingerprint density at radius 3 is 2.63 bits per heavy atom. The zero-order valence-corrected chi connectivity index (χ0v) is 11.2. The van der Waals surface area contributed by atoms with Crippen molar-refractivity contribution in [2.45, 2.75) is 50.7 Å². The monoisotopic (exact) mass is 260 g/mol. The molecule has 4 aliphatic carbocycles. The van der Waals surface area contributed by atoms with Gasteiger partial charge in [0.25, 0.3) is 0 Å². The van der Waals surface area contributed by atoms with Gasteiger partial charge in [0, 0.05) is 17.8 Å². The summed E-state index contributed by atoms with van der Waals surface area (Å²) in [5.41, 5.74) is -1.24. The number of carbonyl (C=O) groups excluding carboxylic acids is 1. The molecule has 3 saturated carbocycles. The smallest absolute Gasteiger partial charge is 0.193 e. The average Bonchev–Trinajstić information content (AvgIpc) is 2.99. The lowest BCUT2D eigenvalue weighted by Crippen LogP contribution is -2.66. The van der Waals surface area contributed by atoms with E-state index < -0.39 is 11.7 Å². The van der Waals surface area contributed by atoms with Gasteiger partial charge in [-0.1, -0.05) is 18.8 Å². The van der Waals surface area contributed by atoms with Gasteiger partial charge in [-0.2, -0.15) is 0 Å². The molecule has 0 aromatic heterocycles. The van der Waals surface area contributed by atoms with Gasteiger partial charge in [0.1, 0.15) is 5.78 Å². The summed E-state index contributed by atoms with van der Waals surface area (Å²) in [6.45, 7) is 2.14. The van der Waals surface area contributed by atoms with Crippen molar-refractivity contribution in [3.63, 3.8) is 0 Å². The maximum absolute atomic E-state index is 12.3. The number of carbonyl (C=O) groups is 1. The summed E-state index contributed by atoms with van der Waals surface area (Å²) < 4.78 is 0. The molecule has 0 aliphatic heterocycles. The van der Waals surface area contributed by atoms with Crippen LogP contribution in [0.1, 0.15) is 39.0 Å². The fourth-order valence-corrected chi connectivity index (χ4v) is 5.63. The van der Waals surface area contributed by atoms with Gasteiger partial charge < -0.3 is 10.2 Å². The summed E-state index contributed by atoms with van der Waals surface area (Å²) in [7, 11) is 0. The van der Waals surface area contributed by atoms with Crippen LogP contribution in [0.2, 0.25) is 0 Å². The van der Waals surface area contributed by atoms with Crippen LogP contribution in [0.25, 0.3) is 0 Å². The van der Waals surface area contributed by atoms with E-state index in [2.05, 4.69) is 18.8 Å². The largest absolute Gasteiger partial charge is 0.393 e. The van der Waals surface area contributed by atoms with Crippen LogP contribution in [0.3, 0.4) is 0 Å². The second kappa shape index (κ2) is 3.42. The van der Waals surface area contributed by atoms with E-state index in [1.54, 1.807) is 0 Å². The van der Waals surface area contributed by atoms with Crippen molar-refractivity contribution in [1.29, 1.82) is 0 Å². The minimum Gasteiger partial charge on any atom is -0.393 e. The van der Waals surface area contributed by atoms with Gasteiger partial charge in [0.15, 0.2) is 5.60 Å². The van der Waals surface area contributed by atoms with Gasteiger partial charge in [0.05, 0.1) is 6.10 Å². The average molecular weight is 260 g/mol. The van der Waals surface area contributed by atoms with E-state index in [1.165, 1.54) is 0 Å². The van der Waals surface area contributed by atoms with Crippen LogP contribution in [0.15, 0.2) is 0 Å². The van der Waals surface area contributed by atoms with Gasteiger partial charge in [-0.05, 0) is 43.4 Å². The number of hydrogen-bond donors (Lipinski definition) is 2. The Hall–Kier alpha value is -0.850. The summed E-state index contributed by atoms with van der Waals surface area (Å²) in [6.07, 6.45) is 3.89. The maximum Gasteiger partial charge on any atom is 0.193 e. The number of aliphatic hydroxyl groups excluding tert-OH is 1. The van der Waals surface area contributed by atoms with Crippen LogP contribution in [-0.2, 0) is 4.79 Å². The number of hydrogen-bond acceptors (Lipinski definition) is 3. The molecule has 0 amide bonds. The quantitative estimate of drug-likeness (QED) is 0.695. The highest BCUT2D eigenvalue weighted by Crippen LogP contribution is 2.69.